The van der Waals surface area contributed by atoms with Crippen LogP contribution in [-0.4, -0.2) is 23.0 Å². The summed E-state index contributed by atoms with van der Waals surface area (Å²) >= 11 is 1.28. The SMILES string of the molecule is C#CC(C)(C)NC(=O)c1sccc1OCCc1ccc[nH]c1=O. The third kappa shape index (κ3) is 4.47. The summed E-state index contributed by atoms with van der Waals surface area (Å²) in [6, 6.07) is 5.25. The first-order valence-corrected chi connectivity index (χ1v) is 7.98. The van der Waals surface area contributed by atoms with Crippen molar-refractivity contribution in [1.82, 2.24) is 10.3 Å². The molecule has 0 atom stereocenters. The molecule has 2 aromatic rings. The van der Waals surface area contributed by atoms with Gasteiger partial charge in [0.1, 0.15) is 10.6 Å². The molecule has 2 heterocycles. The van der Waals surface area contributed by atoms with Gasteiger partial charge in [-0.2, -0.15) is 0 Å². The first kappa shape index (κ1) is 16.8. The molecule has 0 fully saturated rings. The lowest BCUT2D eigenvalue weighted by Crippen LogP contribution is -2.41. The van der Waals surface area contributed by atoms with Gasteiger partial charge in [-0.3, -0.25) is 9.59 Å². The van der Waals surface area contributed by atoms with Gasteiger partial charge in [-0.1, -0.05) is 12.0 Å². The molecule has 2 N–H and O–H groups in total. The molecule has 23 heavy (non-hydrogen) atoms. The van der Waals surface area contributed by atoms with E-state index in [-0.39, 0.29) is 11.5 Å². The van der Waals surface area contributed by atoms with Gasteiger partial charge in [0.2, 0.25) is 0 Å². The van der Waals surface area contributed by atoms with Crippen molar-refractivity contribution in [3.63, 3.8) is 0 Å². The van der Waals surface area contributed by atoms with Crippen molar-refractivity contribution in [2.45, 2.75) is 25.8 Å². The first-order chi connectivity index (χ1) is 10.9. The summed E-state index contributed by atoms with van der Waals surface area (Å²) in [5, 5.41) is 4.55. The van der Waals surface area contributed by atoms with Crippen LogP contribution in [0.25, 0.3) is 0 Å². The number of pyridine rings is 1. The Kier molecular flexibility index (Phi) is 5.24. The molecule has 120 valence electrons. The molecular weight excluding hydrogens is 312 g/mol. The fourth-order valence-electron chi connectivity index (χ4n) is 1.88. The van der Waals surface area contributed by atoms with Crippen LogP contribution in [0.1, 0.15) is 29.1 Å². The third-order valence-electron chi connectivity index (χ3n) is 3.15. The van der Waals surface area contributed by atoms with E-state index in [9.17, 15) is 9.59 Å². The Balaban J connectivity index is 1.99. The Bertz CT molecular complexity index is 783. The van der Waals surface area contributed by atoms with Crippen LogP contribution in [0.4, 0.5) is 0 Å². The number of amides is 1. The monoisotopic (exact) mass is 330 g/mol. The fraction of sp³-hybridized carbons (Fsp3) is 0.294. The molecule has 0 aliphatic heterocycles. The van der Waals surface area contributed by atoms with E-state index < -0.39 is 5.54 Å². The number of ether oxygens (including phenoxy) is 1. The zero-order chi connectivity index (χ0) is 16.9. The number of hydrogen-bond acceptors (Lipinski definition) is 4. The number of carbonyl (C=O) groups excluding carboxylic acids is 1. The zero-order valence-electron chi connectivity index (χ0n) is 13.0. The Labute approximate surface area is 138 Å². The summed E-state index contributed by atoms with van der Waals surface area (Å²) in [5.41, 5.74) is -0.215. The van der Waals surface area contributed by atoms with Crippen LogP contribution >= 0.6 is 11.3 Å². The third-order valence-corrected chi connectivity index (χ3v) is 4.05. The number of terminal acetylenes is 1. The minimum absolute atomic E-state index is 0.129. The molecule has 1 amide bonds. The van der Waals surface area contributed by atoms with Gasteiger partial charge in [0.05, 0.1) is 12.1 Å². The Hall–Kier alpha value is -2.52. The average molecular weight is 330 g/mol. The van der Waals surface area contributed by atoms with Crippen molar-refractivity contribution in [1.29, 1.82) is 0 Å². The largest absolute Gasteiger partial charge is 0.492 e. The maximum Gasteiger partial charge on any atom is 0.266 e. The molecule has 0 unspecified atom stereocenters. The normalized spacial score (nSPS) is 10.8. The topological polar surface area (TPSA) is 71.2 Å². The van der Waals surface area contributed by atoms with Crippen molar-refractivity contribution >= 4 is 17.2 Å². The summed E-state index contributed by atoms with van der Waals surface area (Å²) in [5.74, 6) is 2.74. The molecule has 6 heteroatoms. The molecule has 0 spiro atoms. The molecule has 0 bridgehead atoms. The molecule has 2 rings (SSSR count). The van der Waals surface area contributed by atoms with E-state index in [1.165, 1.54) is 11.3 Å². The predicted molar refractivity (Wildman–Crippen MR) is 91.0 cm³/mol. The van der Waals surface area contributed by atoms with Crippen LogP contribution in [0.15, 0.2) is 34.6 Å². The Morgan fingerprint density at radius 1 is 1.48 bits per heavy atom. The number of nitrogens with one attached hydrogen (secondary N) is 2. The molecular formula is C17H18N2O3S. The summed E-state index contributed by atoms with van der Waals surface area (Å²) in [7, 11) is 0. The van der Waals surface area contributed by atoms with Crippen LogP contribution in [0.5, 0.6) is 5.75 Å². The highest BCUT2D eigenvalue weighted by Crippen LogP contribution is 2.25. The second-order valence-electron chi connectivity index (χ2n) is 5.46. The lowest BCUT2D eigenvalue weighted by Gasteiger charge is -2.19. The quantitative estimate of drug-likeness (QED) is 0.798. The van der Waals surface area contributed by atoms with Gasteiger partial charge < -0.3 is 15.0 Å². The van der Waals surface area contributed by atoms with Crippen molar-refractivity contribution in [3.8, 4) is 18.1 Å². The van der Waals surface area contributed by atoms with E-state index in [2.05, 4.69) is 16.2 Å². The standard InChI is InChI=1S/C17H18N2O3S/c1-4-17(2,3)19-16(21)14-13(8-11-23-14)22-10-7-12-6-5-9-18-15(12)20/h1,5-6,8-9,11H,7,10H2,2-3H3,(H,18,20)(H,19,21). The summed E-state index contributed by atoms with van der Waals surface area (Å²) < 4.78 is 5.65. The number of aromatic amines is 1. The molecule has 0 radical (unpaired) electrons. The van der Waals surface area contributed by atoms with Gasteiger partial charge in [0, 0.05) is 18.2 Å². The van der Waals surface area contributed by atoms with Crippen molar-refractivity contribution in [3.05, 3.63) is 50.6 Å². The van der Waals surface area contributed by atoms with E-state index in [1.807, 2.05) is 0 Å². The summed E-state index contributed by atoms with van der Waals surface area (Å²) in [6.45, 7) is 3.81. The van der Waals surface area contributed by atoms with Gasteiger partial charge in [0.15, 0.2) is 0 Å². The lowest BCUT2D eigenvalue weighted by atomic mass is 10.1. The number of hydrogen-bond donors (Lipinski definition) is 2. The molecule has 0 saturated carbocycles. The van der Waals surface area contributed by atoms with Crippen LogP contribution < -0.4 is 15.6 Å². The molecule has 0 aliphatic carbocycles. The van der Waals surface area contributed by atoms with Crippen molar-refractivity contribution in [2.24, 2.45) is 0 Å². The van der Waals surface area contributed by atoms with E-state index in [0.717, 1.165) is 0 Å². The van der Waals surface area contributed by atoms with Gasteiger partial charge in [-0.15, -0.1) is 17.8 Å². The van der Waals surface area contributed by atoms with Gasteiger partial charge in [-0.25, -0.2) is 0 Å². The molecule has 2 aromatic heterocycles. The van der Waals surface area contributed by atoms with Crippen LogP contribution in [0, 0.1) is 12.3 Å². The van der Waals surface area contributed by atoms with Crippen LogP contribution in [-0.2, 0) is 6.42 Å². The molecule has 0 aromatic carbocycles. The predicted octanol–water partition coefficient (Wildman–Crippen LogP) is 2.20. The summed E-state index contributed by atoms with van der Waals surface area (Å²) in [4.78, 5) is 26.9. The summed E-state index contributed by atoms with van der Waals surface area (Å²) in [6.07, 6.45) is 7.43. The number of thiophene rings is 1. The minimum atomic E-state index is -0.727. The highest BCUT2D eigenvalue weighted by atomic mass is 32.1. The van der Waals surface area contributed by atoms with E-state index in [0.29, 0.717) is 29.2 Å². The minimum Gasteiger partial charge on any atom is -0.492 e. The van der Waals surface area contributed by atoms with E-state index >= 15 is 0 Å². The number of H-pyrrole nitrogens is 1. The van der Waals surface area contributed by atoms with Crippen LogP contribution in [0.2, 0.25) is 0 Å². The highest BCUT2D eigenvalue weighted by molar-refractivity contribution is 7.12. The molecule has 0 aliphatic rings. The number of rotatable bonds is 6. The second-order valence-corrected chi connectivity index (χ2v) is 6.38. The molecule has 5 nitrogen and oxygen atoms in total. The highest BCUT2D eigenvalue weighted by Gasteiger charge is 2.21. The lowest BCUT2D eigenvalue weighted by molar-refractivity contribution is 0.0930. The molecule has 0 saturated heterocycles. The second kappa shape index (κ2) is 7.16. The average Bonchev–Trinajstić information content (AvgIpc) is 2.97. The zero-order valence-corrected chi connectivity index (χ0v) is 13.8. The number of carbonyl (C=O) groups is 1. The van der Waals surface area contributed by atoms with Crippen LogP contribution in [0.3, 0.4) is 0 Å². The first-order valence-electron chi connectivity index (χ1n) is 7.10. The van der Waals surface area contributed by atoms with Gasteiger partial charge in [-0.05, 0) is 31.4 Å². The van der Waals surface area contributed by atoms with E-state index in [4.69, 9.17) is 11.2 Å². The smallest absolute Gasteiger partial charge is 0.266 e. The Morgan fingerprint density at radius 2 is 2.26 bits per heavy atom. The van der Waals surface area contributed by atoms with E-state index in [1.54, 1.807) is 43.6 Å². The van der Waals surface area contributed by atoms with Crippen molar-refractivity contribution < 1.29 is 9.53 Å². The van der Waals surface area contributed by atoms with Gasteiger partial charge >= 0.3 is 0 Å². The van der Waals surface area contributed by atoms with Gasteiger partial charge in [0.25, 0.3) is 11.5 Å². The fourth-order valence-corrected chi connectivity index (χ4v) is 2.61. The Morgan fingerprint density at radius 3 is 2.96 bits per heavy atom. The number of aromatic nitrogens is 1. The maximum atomic E-state index is 12.3. The van der Waals surface area contributed by atoms with Crippen molar-refractivity contribution in [2.75, 3.05) is 6.61 Å². The maximum absolute atomic E-state index is 12.3.